The molecular weight excluding hydrogens is 398 g/mol. The fourth-order valence-corrected chi connectivity index (χ4v) is 5.31. The van der Waals surface area contributed by atoms with Crippen LogP contribution in [-0.4, -0.2) is 0 Å². The number of fused-ring (bicyclic) bond motifs is 3. The summed E-state index contributed by atoms with van der Waals surface area (Å²) in [4.78, 5) is 2.33. The van der Waals surface area contributed by atoms with Crippen LogP contribution in [0.2, 0.25) is 0 Å². The monoisotopic (exact) mass is 423 g/mol. The second-order valence-electron chi connectivity index (χ2n) is 8.77. The van der Waals surface area contributed by atoms with Gasteiger partial charge in [-0.05, 0) is 71.1 Å². The Morgan fingerprint density at radius 2 is 0.970 bits per heavy atom. The quantitative estimate of drug-likeness (QED) is 0.280. The molecule has 0 amide bonds. The minimum Gasteiger partial charge on any atom is -0.310 e. The number of para-hydroxylation sites is 2. The number of rotatable bonds is 4. The van der Waals surface area contributed by atoms with Crippen LogP contribution in [0, 0.1) is 0 Å². The van der Waals surface area contributed by atoms with E-state index in [1.165, 1.54) is 33.5 Å². The number of benzene rings is 5. The molecule has 0 aromatic heterocycles. The maximum absolute atomic E-state index is 2.36. The molecule has 158 valence electrons. The van der Waals surface area contributed by atoms with Gasteiger partial charge in [0, 0.05) is 22.5 Å². The fourth-order valence-electron chi connectivity index (χ4n) is 5.31. The van der Waals surface area contributed by atoms with E-state index in [0.29, 0.717) is 0 Å². The van der Waals surface area contributed by atoms with Gasteiger partial charge in [-0.3, -0.25) is 0 Å². The van der Waals surface area contributed by atoms with Crippen molar-refractivity contribution in [2.24, 2.45) is 0 Å². The average molecular weight is 424 g/mol. The molecule has 1 unspecified atom stereocenters. The summed E-state index contributed by atoms with van der Waals surface area (Å²) in [5.74, 6) is 0. The zero-order valence-corrected chi connectivity index (χ0v) is 18.6. The third kappa shape index (κ3) is 3.08. The highest BCUT2D eigenvalue weighted by atomic mass is 15.1. The van der Waals surface area contributed by atoms with Crippen molar-refractivity contribution >= 4 is 17.1 Å². The molecule has 5 aromatic carbocycles. The Balaban J connectivity index is 1.58. The molecule has 6 rings (SSSR count). The van der Waals surface area contributed by atoms with E-state index in [9.17, 15) is 0 Å². The van der Waals surface area contributed by atoms with Crippen molar-refractivity contribution in [1.29, 1.82) is 0 Å². The minimum absolute atomic E-state index is 0.171. The van der Waals surface area contributed by atoms with E-state index >= 15 is 0 Å². The average Bonchev–Trinajstić information content (AvgIpc) is 3.15. The summed E-state index contributed by atoms with van der Waals surface area (Å²) in [6.07, 6.45) is 0. The molecule has 0 saturated carbocycles. The molecule has 0 spiro atoms. The van der Waals surface area contributed by atoms with Crippen LogP contribution in [0.1, 0.15) is 23.6 Å². The summed E-state index contributed by atoms with van der Waals surface area (Å²) in [6, 6.07) is 47.9. The Morgan fingerprint density at radius 1 is 0.455 bits per heavy atom. The highest BCUT2D eigenvalue weighted by Gasteiger charge is 2.40. The largest absolute Gasteiger partial charge is 0.310 e. The van der Waals surface area contributed by atoms with Gasteiger partial charge in [0.05, 0.1) is 0 Å². The van der Waals surface area contributed by atoms with Crippen LogP contribution in [0.4, 0.5) is 17.1 Å². The molecule has 1 aliphatic carbocycles. The van der Waals surface area contributed by atoms with Crippen LogP contribution >= 0.6 is 0 Å². The van der Waals surface area contributed by atoms with Gasteiger partial charge in [-0.15, -0.1) is 0 Å². The second-order valence-corrected chi connectivity index (χ2v) is 8.77. The standard InChI is InChI=1S/C32H25N/c1-32(24-13-5-2-6-14-24)30-20-12-11-19-28(30)29-23-27(21-22-31(29)32)33(25-15-7-3-8-16-25)26-17-9-4-10-18-26/h2-23H,1H3. The van der Waals surface area contributed by atoms with Crippen molar-refractivity contribution in [2.75, 3.05) is 4.90 Å². The molecular formula is C32H25N. The molecule has 1 heteroatoms. The molecule has 0 radical (unpaired) electrons. The van der Waals surface area contributed by atoms with Crippen LogP contribution in [0.5, 0.6) is 0 Å². The van der Waals surface area contributed by atoms with E-state index in [2.05, 4.69) is 145 Å². The lowest BCUT2D eigenvalue weighted by molar-refractivity contribution is 0.714. The second kappa shape index (κ2) is 7.79. The first-order valence-corrected chi connectivity index (χ1v) is 11.5. The van der Waals surface area contributed by atoms with Crippen molar-refractivity contribution in [3.8, 4) is 11.1 Å². The number of nitrogens with zero attached hydrogens (tertiary/aromatic N) is 1. The highest BCUT2D eigenvalue weighted by molar-refractivity contribution is 5.87. The van der Waals surface area contributed by atoms with Crippen LogP contribution < -0.4 is 4.90 Å². The van der Waals surface area contributed by atoms with Gasteiger partial charge < -0.3 is 4.90 Å². The van der Waals surface area contributed by atoms with Crippen LogP contribution in [0.3, 0.4) is 0 Å². The minimum atomic E-state index is -0.171. The Labute approximate surface area is 195 Å². The third-order valence-corrected chi connectivity index (χ3v) is 6.94. The van der Waals surface area contributed by atoms with Crippen molar-refractivity contribution in [2.45, 2.75) is 12.3 Å². The smallest absolute Gasteiger partial charge is 0.0468 e. The lowest BCUT2D eigenvalue weighted by Gasteiger charge is -2.29. The predicted octanol–water partition coefficient (Wildman–Crippen LogP) is 8.49. The molecule has 0 saturated heterocycles. The molecule has 0 bridgehead atoms. The van der Waals surface area contributed by atoms with Crippen LogP contribution in [0.25, 0.3) is 11.1 Å². The normalized spacial score (nSPS) is 16.2. The zero-order chi connectivity index (χ0) is 22.3. The Kier molecular flexibility index (Phi) is 4.62. The Hall–Kier alpha value is -4.10. The van der Waals surface area contributed by atoms with Gasteiger partial charge in [0.1, 0.15) is 0 Å². The summed E-state index contributed by atoms with van der Waals surface area (Å²) in [5.41, 5.74) is 9.99. The molecule has 0 N–H and O–H groups in total. The van der Waals surface area contributed by atoms with Gasteiger partial charge in [0.2, 0.25) is 0 Å². The van der Waals surface area contributed by atoms with E-state index in [0.717, 1.165) is 11.4 Å². The van der Waals surface area contributed by atoms with Crippen LogP contribution in [-0.2, 0) is 5.41 Å². The molecule has 0 fully saturated rings. The van der Waals surface area contributed by atoms with Crippen molar-refractivity contribution in [3.63, 3.8) is 0 Å². The predicted molar refractivity (Wildman–Crippen MR) is 139 cm³/mol. The molecule has 1 atom stereocenters. The van der Waals surface area contributed by atoms with E-state index in [-0.39, 0.29) is 5.41 Å². The first-order valence-electron chi connectivity index (χ1n) is 11.5. The lowest BCUT2D eigenvalue weighted by Crippen LogP contribution is -2.22. The topological polar surface area (TPSA) is 3.24 Å². The molecule has 0 heterocycles. The number of hydrogen-bond donors (Lipinski definition) is 0. The van der Waals surface area contributed by atoms with Gasteiger partial charge in [-0.1, -0.05) is 97.1 Å². The summed E-state index contributed by atoms with van der Waals surface area (Å²) < 4.78 is 0. The van der Waals surface area contributed by atoms with Crippen LogP contribution in [0.15, 0.2) is 133 Å². The van der Waals surface area contributed by atoms with Gasteiger partial charge in [-0.25, -0.2) is 0 Å². The summed E-state index contributed by atoms with van der Waals surface area (Å²) >= 11 is 0. The van der Waals surface area contributed by atoms with Crippen molar-refractivity contribution in [1.82, 2.24) is 0 Å². The molecule has 33 heavy (non-hydrogen) atoms. The first-order chi connectivity index (χ1) is 16.3. The zero-order valence-electron chi connectivity index (χ0n) is 18.6. The first kappa shape index (κ1) is 19.6. The Morgan fingerprint density at radius 3 is 1.61 bits per heavy atom. The third-order valence-electron chi connectivity index (χ3n) is 6.94. The van der Waals surface area contributed by atoms with Gasteiger partial charge in [0.15, 0.2) is 0 Å². The Bertz CT molecular complexity index is 1370. The highest BCUT2D eigenvalue weighted by Crippen LogP contribution is 2.53. The van der Waals surface area contributed by atoms with Crippen molar-refractivity contribution < 1.29 is 0 Å². The van der Waals surface area contributed by atoms with Crippen molar-refractivity contribution in [3.05, 3.63) is 150 Å². The molecule has 1 nitrogen and oxygen atoms in total. The molecule has 5 aromatic rings. The van der Waals surface area contributed by atoms with E-state index in [4.69, 9.17) is 0 Å². The molecule has 0 aliphatic heterocycles. The summed E-state index contributed by atoms with van der Waals surface area (Å²) in [6.45, 7) is 2.36. The molecule has 1 aliphatic rings. The number of anilines is 3. The number of hydrogen-bond acceptors (Lipinski definition) is 1. The summed E-state index contributed by atoms with van der Waals surface area (Å²) in [7, 11) is 0. The lowest BCUT2D eigenvalue weighted by atomic mass is 9.74. The van der Waals surface area contributed by atoms with E-state index < -0.39 is 0 Å². The maximum Gasteiger partial charge on any atom is 0.0468 e. The van der Waals surface area contributed by atoms with Gasteiger partial charge >= 0.3 is 0 Å². The van der Waals surface area contributed by atoms with Gasteiger partial charge in [-0.2, -0.15) is 0 Å². The van der Waals surface area contributed by atoms with Gasteiger partial charge in [0.25, 0.3) is 0 Å². The van der Waals surface area contributed by atoms with E-state index in [1.807, 2.05) is 0 Å². The maximum atomic E-state index is 2.36. The SMILES string of the molecule is CC1(c2ccccc2)c2ccccc2-c2cc(N(c3ccccc3)c3ccccc3)ccc21. The fraction of sp³-hybridized carbons (Fsp3) is 0.0625. The summed E-state index contributed by atoms with van der Waals surface area (Å²) in [5, 5.41) is 0. The van der Waals surface area contributed by atoms with E-state index in [1.54, 1.807) is 0 Å².